The van der Waals surface area contributed by atoms with Crippen molar-refractivity contribution < 1.29 is 0 Å². The number of nitrogens with zero attached hydrogens (tertiary/aromatic N) is 2. The van der Waals surface area contributed by atoms with Gasteiger partial charge < -0.3 is 16.0 Å². The highest BCUT2D eigenvalue weighted by atomic mass is 15.1. The lowest BCUT2D eigenvalue weighted by molar-refractivity contribution is 0.800. The molecule has 0 aliphatic heterocycles. The van der Waals surface area contributed by atoms with Crippen molar-refractivity contribution in [2.24, 2.45) is 0 Å². The quantitative estimate of drug-likeness (QED) is 0.642. The molecule has 0 saturated heterocycles. The molecule has 1 heterocycles. The van der Waals surface area contributed by atoms with Crippen molar-refractivity contribution in [3.63, 3.8) is 0 Å². The number of anilines is 2. The summed E-state index contributed by atoms with van der Waals surface area (Å²) in [5, 5.41) is 0. The van der Waals surface area contributed by atoms with Gasteiger partial charge in [-0.2, -0.15) is 0 Å². The normalized spacial score (nSPS) is 10.8. The monoisotopic (exact) mass is 176 g/mol. The molecule has 2 aromatic rings. The maximum Gasteiger partial charge on any atom is 0.201 e. The molecule has 68 valence electrons. The molecule has 13 heavy (non-hydrogen) atoms. The van der Waals surface area contributed by atoms with E-state index in [1.54, 1.807) is 0 Å². The SMILES string of the molecule is CCn1c(N)nc2c(N)cccc21. The Kier molecular flexibility index (Phi) is 1.62. The van der Waals surface area contributed by atoms with Crippen LogP contribution in [-0.2, 0) is 6.54 Å². The van der Waals surface area contributed by atoms with E-state index in [4.69, 9.17) is 11.5 Å². The molecule has 0 fully saturated rings. The van der Waals surface area contributed by atoms with Crippen molar-refractivity contribution >= 4 is 22.7 Å². The second-order valence-corrected chi connectivity index (χ2v) is 2.93. The second-order valence-electron chi connectivity index (χ2n) is 2.93. The van der Waals surface area contributed by atoms with E-state index in [1.165, 1.54) is 0 Å². The highest BCUT2D eigenvalue weighted by Gasteiger charge is 2.07. The number of aromatic nitrogens is 2. The zero-order valence-corrected chi connectivity index (χ0v) is 7.49. The van der Waals surface area contributed by atoms with Gasteiger partial charge in [0.2, 0.25) is 5.95 Å². The number of benzene rings is 1. The van der Waals surface area contributed by atoms with E-state index in [0.29, 0.717) is 11.6 Å². The first-order chi connectivity index (χ1) is 6.24. The fraction of sp³-hybridized carbons (Fsp3) is 0.222. The maximum absolute atomic E-state index is 5.76. The molecule has 0 aliphatic carbocycles. The molecule has 0 unspecified atom stereocenters. The lowest BCUT2D eigenvalue weighted by Crippen LogP contribution is -2.00. The average molecular weight is 176 g/mol. The van der Waals surface area contributed by atoms with Gasteiger partial charge in [0, 0.05) is 6.54 Å². The third kappa shape index (κ3) is 1.02. The van der Waals surface area contributed by atoms with E-state index < -0.39 is 0 Å². The van der Waals surface area contributed by atoms with Gasteiger partial charge in [-0.3, -0.25) is 0 Å². The molecule has 4 nitrogen and oxygen atoms in total. The second kappa shape index (κ2) is 2.65. The zero-order valence-electron chi connectivity index (χ0n) is 7.49. The lowest BCUT2D eigenvalue weighted by Gasteiger charge is -2.00. The number of aryl methyl sites for hydroxylation is 1. The largest absolute Gasteiger partial charge is 0.397 e. The number of rotatable bonds is 1. The van der Waals surface area contributed by atoms with Gasteiger partial charge in [-0.15, -0.1) is 0 Å². The van der Waals surface area contributed by atoms with E-state index in [2.05, 4.69) is 4.98 Å². The van der Waals surface area contributed by atoms with Crippen molar-refractivity contribution in [3.8, 4) is 0 Å². The number of imidazole rings is 1. The Morgan fingerprint density at radius 2 is 2.15 bits per heavy atom. The molecular weight excluding hydrogens is 164 g/mol. The Labute approximate surface area is 76.2 Å². The minimum absolute atomic E-state index is 0.524. The van der Waals surface area contributed by atoms with Gasteiger partial charge in [-0.25, -0.2) is 4.98 Å². The first kappa shape index (κ1) is 7.91. The zero-order chi connectivity index (χ0) is 9.42. The molecule has 2 rings (SSSR count). The van der Waals surface area contributed by atoms with Crippen molar-refractivity contribution in [2.45, 2.75) is 13.5 Å². The summed E-state index contributed by atoms with van der Waals surface area (Å²) in [6, 6.07) is 5.71. The van der Waals surface area contributed by atoms with Crippen LogP contribution in [0, 0.1) is 0 Å². The number of hydrogen-bond donors (Lipinski definition) is 2. The molecule has 0 spiro atoms. The van der Waals surface area contributed by atoms with Gasteiger partial charge in [0.25, 0.3) is 0 Å². The highest BCUT2D eigenvalue weighted by Crippen LogP contribution is 2.22. The molecule has 1 aromatic heterocycles. The fourth-order valence-corrected chi connectivity index (χ4v) is 1.52. The topological polar surface area (TPSA) is 69.9 Å². The summed E-state index contributed by atoms with van der Waals surface area (Å²) in [5.41, 5.74) is 14.0. The molecule has 0 bridgehead atoms. The van der Waals surface area contributed by atoms with Crippen LogP contribution < -0.4 is 11.5 Å². The number of fused-ring (bicyclic) bond motifs is 1. The van der Waals surface area contributed by atoms with Gasteiger partial charge in [0.05, 0.1) is 11.2 Å². The summed E-state index contributed by atoms with van der Waals surface area (Å²) in [5.74, 6) is 0.524. The van der Waals surface area contributed by atoms with E-state index >= 15 is 0 Å². The smallest absolute Gasteiger partial charge is 0.201 e. The summed E-state index contributed by atoms with van der Waals surface area (Å²) >= 11 is 0. The van der Waals surface area contributed by atoms with Crippen LogP contribution in [0.4, 0.5) is 11.6 Å². The van der Waals surface area contributed by atoms with Crippen LogP contribution in [0.15, 0.2) is 18.2 Å². The molecule has 1 aromatic carbocycles. The number of para-hydroxylation sites is 1. The van der Waals surface area contributed by atoms with Crippen LogP contribution in [0.25, 0.3) is 11.0 Å². The van der Waals surface area contributed by atoms with Crippen LogP contribution in [0.1, 0.15) is 6.92 Å². The molecule has 4 N–H and O–H groups in total. The summed E-state index contributed by atoms with van der Waals surface area (Å²) in [4.78, 5) is 4.20. The molecule has 0 radical (unpaired) electrons. The minimum atomic E-state index is 0.524. The third-order valence-corrected chi connectivity index (χ3v) is 2.16. The molecule has 0 aliphatic rings. The first-order valence-electron chi connectivity index (χ1n) is 4.24. The van der Waals surface area contributed by atoms with Crippen LogP contribution in [0.3, 0.4) is 0 Å². The molecule has 0 saturated carbocycles. The van der Waals surface area contributed by atoms with Crippen LogP contribution in [0.5, 0.6) is 0 Å². The Hall–Kier alpha value is -1.71. The predicted octanol–water partition coefficient (Wildman–Crippen LogP) is 1.22. The van der Waals surface area contributed by atoms with Crippen molar-refractivity contribution in [2.75, 3.05) is 11.5 Å². The Balaban J connectivity index is 2.86. The number of nitrogens with two attached hydrogens (primary N) is 2. The van der Waals surface area contributed by atoms with E-state index in [-0.39, 0.29) is 0 Å². The van der Waals surface area contributed by atoms with Crippen LogP contribution in [-0.4, -0.2) is 9.55 Å². The van der Waals surface area contributed by atoms with Gasteiger partial charge in [0.15, 0.2) is 0 Å². The Morgan fingerprint density at radius 3 is 2.85 bits per heavy atom. The first-order valence-corrected chi connectivity index (χ1v) is 4.24. The summed E-state index contributed by atoms with van der Waals surface area (Å²) < 4.78 is 1.94. The molecule has 4 heteroatoms. The van der Waals surface area contributed by atoms with E-state index in [1.807, 2.05) is 29.7 Å². The molecule has 0 atom stereocenters. The molecular formula is C9H12N4. The van der Waals surface area contributed by atoms with Gasteiger partial charge >= 0.3 is 0 Å². The van der Waals surface area contributed by atoms with Gasteiger partial charge in [-0.05, 0) is 19.1 Å². The average Bonchev–Trinajstić information content (AvgIpc) is 2.43. The van der Waals surface area contributed by atoms with Crippen molar-refractivity contribution in [1.82, 2.24) is 9.55 Å². The highest BCUT2D eigenvalue weighted by molar-refractivity contribution is 5.88. The standard InChI is InChI=1S/C9H12N4/c1-2-13-7-5-3-4-6(10)8(7)12-9(13)11/h3-5H,2,10H2,1H3,(H2,11,12). The third-order valence-electron chi connectivity index (χ3n) is 2.16. The summed E-state index contributed by atoms with van der Waals surface area (Å²) in [6.07, 6.45) is 0. The lowest BCUT2D eigenvalue weighted by atomic mass is 10.3. The molecule has 0 amide bonds. The van der Waals surface area contributed by atoms with Crippen LogP contribution >= 0.6 is 0 Å². The number of nitrogen functional groups attached to an aromatic ring is 2. The Bertz CT molecular complexity index is 444. The van der Waals surface area contributed by atoms with E-state index in [0.717, 1.165) is 17.6 Å². The number of hydrogen-bond acceptors (Lipinski definition) is 3. The fourth-order valence-electron chi connectivity index (χ4n) is 1.52. The van der Waals surface area contributed by atoms with Crippen LogP contribution in [0.2, 0.25) is 0 Å². The minimum Gasteiger partial charge on any atom is -0.397 e. The summed E-state index contributed by atoms with van der Waals surface area (Å²) in [6.45, 7) is 2.84. The van der Waals surface area contributed by atoms with Crippen molar-refractivity contribution in [3.05, 3.63) is 18.2 Å². The van der Waals surface area contributed by atoms with E-state index in [9.17, 15) is 0 Å². The maximum atomic E-state index is 5.76. The predicted molar refractivity (Wildman–Crippen MR) is 54.2 cm³/mol. The summed E-state index contributed by atoms with van der Waals surface area (Å²) in [7, 11) is 0. The Morgan fingerprint density at radius 1 is 1.38 bits per heavy atom. The van der Waals surface area contributed by atoms with Gasteiger partial charge in [-0.1, -0.05) is 6.07 Å². The van der Waals surface area contributed by atoms with Crippen molar-refractivity contribution in [1.29, 1.82) is 0 Å². The van der Waals surface area contributed by atoms with Gasteiger partial charge in [0.1, 0.15) is 5.52 Å².